The molecule has 1 aliphatic carbocycles. The average molecular weight is 267 g/mol. The Labute approximate surface area is 118 Å². The summed E-state index contributed by atoms with van der Waals surface area (Å²) >= 11 is 0. The summed E-state index contributed by atoms with van der Waals surface area (Å²) in [7, 11) is 0. The van der Waals surface area contributed by atoms with E-state index in [1.54, 1.807) is 18.2 Å². The maximum Gasteiger partial charge on any atom is 0.314 e. The average Bonchev–Trinajstić information content (AvgIpc) is 2.48. The summed E-state index contributed by atoms with van der Waals surface area (Å²) in [4.78, 5) is 11.0. The van der Waals surface area contributed by atoms with Crippen molar-refractivity contribution in [3.05, 3.63) is 59.7 Å². The van der Waals surface area contributed by atoms with Gasteiger partial charge in [0.15, 0.2) is 0 Å². The molecule has 102 valence electrons. The first-order chi connectivity index (χ1) is 9.63. The fraction of sp³-hybridized carbons (Fsp3) is 0.294. The highest BCUT2D eigenvalue weighted by molar-refractivity contribution is 5.75. The summed E-state index contributed by atoms with van der Waals surface area (Å²) in [5.41, 5.74) is 1.22. The first kappa shape index (κ1) is 14.1. The van der Waals surface area contributed by atoms with Gasteiger partial charge >= 0.3 is 5.97 Å². The van der Waals surface area contributed by atoms with Crippen LogP contribution < -0.4 is 0 Å². The second-order valence-corrected chi connectivity index (χ2v) is 5.03. The Bertz CT molecular complexity index is 594. The molecule has 0 fully saturated rings. The van der Waals surface area contributed by atoms with Crippen molar-refractivity contribution < 1.29 is 9.90 Å². The molecule has 0 radical (unpaired) electrons. The van der Waals surface area contributed by atoms with Crippen molar-refractivity contribution in [1.29, 1.82) is 5.26 Å². The third-order valence-electron chi connectivity index (χ3n) is 3.70. The van der Waals surface area contributed by atoms with E-state index in [0.717, 1.165) is 18.4 Å². The first-order valence-electron chi connectivity index (χ1n) is 6.74. The lowest BCUT2D eigenvalue weighted by Crippen LogP contribution is -2.26. The highest BCUT2D eigenvalue weighted by Gasteiger charge is 2.31. The Morgan fingerprint density at radius 1 is 1.35 bits per heavy atom. The number of hydrogen-bond donors (Lipinski definition) is 1. The smallest absolute Gasteiger partial charge is 0.314 e. The molecule has 3 nitrogen and oxygen atoms in total. The fourth-order valence-corrected chi connectivity index (χ4v) is 2.72. The fourth-order valence-electron chi connectivity index (χ4n) is 2.72. The van der Waals surface area contributed by atoms with Crippen molar-refractivity contribution in [1.82, 2.24) is 0 Å². The van der Waals surface area contributed by atoms with E-state index < -0.39 is 11.9 Å². The highest BCUT2D eigenvalue weighted by Crippen LogP contribution is 2.38. The second kappa shape index (κ2) is 5.75. The molecule has 0 amide bonds. The lowest BCUT2D eigenvalue weighted by atomic mass is 9.71. The van der Waals surface area contributed by atoms with Crippen LogP contribution in [0.2, 0.25) is 0 Å². The van der Waals surface area contributed by atoms with E-state index in [-0.39, 0.29) is 5.41 Å². The van der Waals surface area contributed by atoms with Crippen LogP contribution >= 0.6 is 0 Å². The van der Waals surface area contributed by atoms with Crippen LogP contribution in [0.3, 0.4) is 0 Å². The summed E-state index contributed by atoms with van der Waals surface area (Å²) in [6.07, 6.45) is 9.10. The van der Waals surface area contributed by atoms with Gasteiger partial charge in [-0.05, 0) is 18.1 Å². The first-order valence-corrected chi connectivity index (χ1v) is 6.74. The minimum absolute atomic E-state index is 0.368. The van der Waals surface area contributed by atoms with Crippen molar-refractivity contribution in [2.24, 2.45) is 5.92 Å². The standard InChI is InChI=1S/C17H17NO2/c1-2-9-17(10-7-13(8-11-17)16(19)20)15-6-4-3-5-14(15)12-18/h3-8,10-11,13H,2,9H2,1H3,(H,19,20). The highest BCUT2D eigenvalue weighted by atomic mass is 16.4. The van der Waals surface area contributed by atoms with Gasteiger partial charge in [-0.2, -0.15) is 5.26 Å². The van der Waals surface area contributed by atoms with Gasteiger partial charge in [0.05, 0.1) is 17.6 Å². The van der Waals surface area contributed by atoms with Crippen LogP contribution in [0.1, 0.15) is 30.9 Å². The lowest BCUT2D eigenvalue weighted by molar-refractivity contribution is -0.138. The number of nitrogens with zero attached hydrogens (tertiary/aromatic N) is 1. The predicted molar refractivity (Wildman–Crippen MR) is 77.1 cm³/mol. The van der Waals surface area contributed by atoms with Gasteiger partial charge in [0, 0.05) is 5.41 Å². The molecule has 2 rings (SSSR count). The molecule has 1 N–H and O–H groups in total. The third kappa shape index (κ3) is 2.50. The van der Waals surface area contributed by atoms with Crippen molar-refractivity contribution in [3.63, 3.8) is 0 Å². The zero-order chi connectivity index (χ0) is 14.6. The second-order valence-electron chi connectivity index (χ2n) is 5.03. The minimum atomic E-state index is -0.851. The molecule has 0 unspecified atom stereocenters. The summed E-state index contributed by atoms with van der Waals surface area (Å²) < 4.78 is 0. The Morgan fingerprint density at radius 3 is 2.55 bits per heavy atom. The van der Waals surface area contributed by atoms with Crippen molar-refractivity contribution in [2.45, 2.75) is 25.2 Å². The van der Waals surface area contributed by atoms with Crippen LogP contribution in [0.5, 0.6) is 0 Å². The molecule has 0 saturated carbocycles. The molecule has 1 aromatic rings. The van der Waals surface area contributed by atoms with E-state index in [4.69, 9.17) is 5.11 Å². The molecule has 0 bridgehead atoms. The Balaban J connectivity index is 2.48. The summed E-state index contributed by atoms with van der Waals surface area (Å²) in [5.74, 6) is -1.43. The number of hydrogen-bond acceptors (Lipinski definition) is 2. The van der Waals surface area contributed by atoms with Gasteiger partial charge in [-0.1, -0.05) is 55.8 Å². The minimum Gasteiger partial charge on any atom is -0.481 e. The zero-order valence-electron chi connectivity index (χ0n) is 11.4. The van der Waals surface area contributed by atoms with E-state index >= 15 is 0 Å². The maximum atomic E-state index is 11.0. The Morgan fingerprint density at radius 2 is 2.00 bits per heavy atom. The lowest BCUT2D eigenvalue weighted by Gasteiger charge is -2.31. The molecule has 0 heterocycles. The molecule has 0 aliphatic heterocycles. The van der Waals surface area contributed by atoms with Crippen molar-refractivity contribution >= 4 is 5.97 Å². The van der Waals surface area contributed by atoms with Crippen LogP contribution in [0, 0.1) is 17.2 Å². The van der Waals surface area contributed by atoms with Crippen LogP contribution in [0.4, 0.5) is 0 Å². The SMILES string of the molecule is CCCC1(c2ccccc2C#N)C=CC(C(=O)O)C=C1. The van der Waals surface area contributed by atoms with Crippen molar-refractivity contribution in [3.8, 4) is 6.07 Å². The number of nitriles is 1. The molecular weight excluding hydrogens is 250 g/mol. The molecule has 0 atom stereocenters. The summed E-state index contributed by atoms with van der Waals surface area (Å²) in [6, 6.07) is 9.74. The van der Waals surface area contributed by atoms with Crippen LogP contribution in [0.25, 0.3) is 0 Å². The topological polar surface area (TPSA) is 61.1 Å². The molecule has 1 aromatic carbocycles. The largest absolute Gasteiger partial charge is 0.481 e. The summed E-state index contributed by atoms with van der Waals surface area (Å²) in [6.45, 7) is 2.09. The molecule has 0 spiro atoms. The van der Waals surface area contributed by atoms with E-state index in [2.05, 4.69) is 13.0 Å². The van der Waals surface area contributed by atoms with Gasteiger partial charge in [-0.15, -0.1) is 0 Å². The van der Waals surface area contributed by atoms with Crippen molar-refractivity contribution in [2.75, 3.05) is 0 Å². The third-order valence-corrected chi connectivity index (χ3v) is 3.70. The predicted octanol–water partition coefficient (Wildman–Crippen LogP) is 3.42. The van der Waals surface area contributed by atoms with Gasteiger partial charge in [0.1, 0.15) is 0 Å². The number of allylic oxidation sites excluding steroid dienone is 2. The molecule has 0 saturated heterocycles. The number of rotatable bonds is 4. The number of aliphatic carboxylic acids is 1. The molecular formula is C17H17NO2. The van der Waals surface area contributed by atoms with Gasteiger partial charge < -0.3 is 5.11 Å². The number of carboxylic acid groups (broad SMARTS) is 1. The number of carbonyl (C=O) groups is 1. The maximum absolute atomic E-state index is 11.0. The van der Waals surface area contributed by atoms with E-state index in [9.17, 15) is 10.1 Å². The van der Waals surface area contributed by atoms with Crippen LogP contribution in [-0.2, 0) is 10.2 Å². The van der Waals surface area contributed by atoms with Gasteiger partial charge in [0.2, 0.25) is 0 Å². The quantitative estimate of drug-likeness (QED) is 0.850. The van der Waals surface area contributed by atoms with E-state index in [0.29, 0.717) is 5.56 Å². The van der Waals surface area contributed by atoms with E-state index in [1.807, 2.05) is 30.4 Å². The normalized spacial score (nSPS) is 24.3. The number of benzene rings is 1. The van der Waals surface area contributed by atoms with E-state index in [1.165, 1.54) is 0 Å². The zero-order valence-corrected chi connectivity index (χ0v) is 11.4. The molecule has 0 aromatic heterocycles. The van der Waals surface area contributed by atoms with Crippen LogP contribution in [0.15, 0.2) is 48.6 Å². The molecule has 20 heavy (non-hydrogen) atoms. The Hall–Kier alpha value is -2.34. The van der Waals surface area contributed by atoms with Gasteiger partial charge in [-0.25, -0.2) is 0 Å². The molecule has 3 heteroatoms. The van der Waals surface area contributed by atoms with Crippen LogP contribution in [-0.4, -0.2) is 11.1 Å². The summed E-state index contributed by atoms with van der Waals surface area (Å²) in [5, 5.41) is 18.3. The molecule has 1 aliphatic rings. The Kier molecular flexibility index (Phi) is 4.05. The monoisotopic (exact) mass is 267 g/mol. The van der Waals surface area contributed by atoms with Gasteiger partial charge in [0.25, 0.3) is 0 Å². The number of carboxylic acids is 1. The van der Waals surface area contributed by atoms with Gasteiger partial charge in [-0.3, -0.25) is 4.79 Å².